The number of amides is 3. The number of carbonyl (C=O) groups is 2. The predicted molar refractivity (Wildman–Crippen MR) is 99.6 cm³/mol. The lowest BCUT2D eigenvalue weighted by Crippen LogP contribution is -2.41. The van der Waals surface area contributed by atoms with Crippen molar-refractivity contribution in [2.45, 2.75) is 38.5 Å². The molecular formula is C19H23N5O3. The largest absolute Gasteiger partial charge is 0.340 e. The second-order valence-electron chi connectivity index (χ2n) is 7.09. The van der Waals surface area contributed by atoms with Crippen molar-refractivity contribution in [1.29, 1.82) is 0 Å². The molecule has 2 aliphatic rings. The summed E-state index contributed by atoms with van der Waals surface area (Å²) in [5.41, 5.74) is 1.52. The van der Waals surface area contributed by atoms with Gasteiger partial charge in [-0.1, -0.05) is 11.2 Å². The Labute approximate surface area is 157 Å². The van der Waals surface area contributed by atoms with Crippen molar-refractivity contribution >= 4 is 23.3 Å². The Morgan fingerprint density at radius 1 is 1.30 bits per heavy atom. The van der Waals surface area contributed by atoms with E-state index in [1.807, 2.05) is 24.3 Å². The number of nitrogens with one attached hydrogen (secondary N) is 1. The molecule has 8 nitrogen and oxygen atoms in total. The molecule has 1 aromatic heterocycles. The van der Waals surface area contributed by atoms with Crippen LogP contribution in [-0.4, -0.2) is 46.6 Å². The summed E-state index contributed by atoms with van der Waals surface area (Å²) in [4.78, 5) is 32.5. The lowest BCUT2D eigenvalue weighted by molar-refractivity contribution is -0.117. The molecule has 2 aromatic rings. The van der Waals surface area contributed by atoms with Crippen LogP contribution in [0.15, 0.2) is 28.8 Å². The van der Waals surface area contributed by atoms with Crippen LogP contribution in [0.1, 0.15) is 43.3 Å². The molecule has 0 aliphatic carbocycles. The van der Waals surface area contributed by atoms with Gasteiger partial charge in [-0.2, -0.15) is 4.98 Å². The maximum Gasteiger partial charge on any atom is 0.321 e. The van der Waals surface area contributed by atoms with E-state index >= 15 is 0 Å². The lowest BCUT2D eigenvalue weighted by atomic mass is 9.98. The quantitative estimate of drug-likeness (QED) is 0.898. The molecule has 0 radical (unpaired) electrons. The Balaban J connectivity index is 1.42. The van der Waals surface area contributed by atoms with Crippen LogP contribution in [-0.2, 0) is 4.79 Å². The first-order chi connectivity index (χ1) is 13.1. The Kier molecular flexibility index (Phi) is 4.79. The molecule has 4 rings (SSSR count). The molecule has 3 heterocycles. The molecule has 1 aromatic carbocycles. The number of aromatic nitrogens is 2. The Morgan fingerprint density at radius 2 is 2.19 bits per heavy atom. The van der Waals surface area contributed by atoms with Crippen LogP contribution < -0.4 is 10.2 Å². The lowest BCUT2D eigenvalue weighted by Gasteiger charge is -2.31. The van der Waals surface area contributed by atoms with Gasteiger partial charge in [-0.15, -0.1) is 0 Å². The topological polar surface area (TPSA) is 91.6 Å². The fourth-order valence-electron chi connectivity index (χ4n) is 3.73. The zero-order valence-corrected chi connectivity index (χ0v) is 15.4. The Morgan fingerprint density at radius 3 is 2.93 bits per heavy atom. The minimum Gasteiger partial charge on any atom is -0.340 e. The summed E-state index contributed by atoms with van der Waals surface area (Å²) in [6, 6.07) is 7.30. The van der Waals surface area contributed by atoms with E-state index in [0.29, 0.717) is 36.9 Å². The predicted octanol–water partition coefficient (Wildman–Crippen LogP) is 2.92. The molecule has 0 saturated carbocycles. The first kappa shape index (κ1) is 17.5. The summed E-state index contributed by atoms with van der Waals surface area (Å²) in [6.07, 6.45) is 3.30. The summed E-state index contributed by atoms with van der Waals surface area (Å²) < 4.78 is 5.07. The van der Waals surface area contributed by atoms with E-state index in [0.717, 1.165) is 31.5 Å². The smallest absolute Gasteiger partial charge is 0.321 e. The standard InChI is InChI=1S/C19H23N5O3/c1-13-20-18(22-27-13)14-5-3-9-23(12-14)19(26)21-15-6-2-7-16(11-15)24-10-4-8-17(24)25/h2,6-7,11,14H,3-5,8-10,12H2,1H3,(H,21,26). The van der Waals surface area contributed by atoms with E-state index < -0.39 is 0 Å². The molecular weight excluding hydrogens is 346 g/mol. The van der Waals surface area contributed by atoms with Crippen molar-refractivity contribution in [1.82, 2.24) is 15.0 Å². The second kappa shape index (κ2) is 7.38. The molecule has 0 spiro atoms. The Hall–Kier alpha value is -2.90. The highest BCUT2D eigenvalue weighted by Gasteiger charge is 2.28. The van der Waals surface area contributed by atoms with E-state index in [1.165, 1.54) is 0 Å². The molecule has 1 atom stereocenters. The van der Waals surface area contributed by atoms with E-state index in [9.17, 15) is 9.59 Å². The van der Waals surface area contributed by atoms with Crippen LogP contribution in [0, 0.1) is 6.92 Å². The molecule has 2 fully saturated rings. The van der Waals surface area contributed by atoms with E-state index in [1.54, 1.807) is 16.7 Å². The van der Waals surface area contributed by atoms with Gasteiger partial charge in [0.1, 0.15) is 0 Å². The van der Waals surface area contributed by atoms with Crippen LogP contribution in [0.25, 0.3) is 0 Å². The van der Waals surface area contributed by atoms with Gasteiger partial charge in [-0.05, 0) is 37.5 Å². The van der Waals surface area contributed by atoms with E-state index in [-0.39, 0.29) is 17.9 Å². The van der Waals surface area contributed by atoms with Crippen molar-refractivity contribution in [3.8, 4) is 0 Å². The molecule has 8 heteroatoms. The molecule has 3 amide bonds. The highest BCUT2D eigenvalue weighted by molar-refractivity contribution is 5.96. The maximum absolute atomic E-state index is 12.7. The number of rotatable bonds is 3. The first-order valence-corrected chi connectivity index (χ1v) is 9.37. The first-order valence-electron chi connectivity index (χ1n) is 9.37. The van der Waals surface area contributed by atoms with Crippen molar-refractivity contribution in [2.75, 3.05) is 29.9 Å². The molecule has 0 bridgehead atoms. The van der Waals surface area contributed by atoms with Crippen LogP contribution >= 0.6 is 0 Å². The van der Waals surface area contributed by atoms with E-state index in [4.69, 9.17) is 4.52 Å². The highest BCUT2D eigenvalue weighted by Crippen LogP contribution is 2.27. The van der Waals surface area contributed by atoms with Crippen molar-refractivity contribution < 1.29 is 14.1 Å². The normalized spacial score (nSPS) is 20.2. The van der Waals surface area contributed by atoms with Gasteiger partial charge in [0.2, 0.25) is 11.8 Å². The third-order valence-corrected chi connectivity index (χ3v) is 5.10. The van der Waals surface area contributed by atoms with Crippen LogP contribution in [0.4, 0.5) is 16.2 Å². The zero-order chi connectivity index (χ0) is 18.8. The number of benzene rings is 1. The number of carbonyl (C=O) groups excluding carboxylic acids is 2. The molecule has 2 aliphatic heterocycles. The molecule has 27 heavy (non-hydrogen) atoms. The minimum absolute atomic E-state index is 0.0931. The molecule has 1 N–H and O–H groups in total. The fourth-order valence-corrected chi connectivity index (χ4v) is 3.73. The van der Waals surface area contributed by atoms with Gasteiger partial charge in [-0.25, -0.2) is 4.79 Å². The number of likely N-dealkylation sites (tertiary alicyclic amines) is 1. The zero-order valence-electron chi connectivity index (χ0n) is 15.4. The average Bonchev–Trinajstić information content (AvgIpc) is 3.30. The van der Waals surface area contributed by atoms with Crippen LogP contribution in [0.5, 0.6) is 0 Å². The maximum atomic E-state index is 12.7. The number of hydrogen-bond acceptors (Lipinski definition) is 5. The summed E-state index contributed by atoms with van der Waals surface area (Å²) in [6.45, 7) is 3.76. The number of nitrogens with zero attached hydrogens (tertiary/aromatic N) is 4. The highest BCUT2D eigenvalue weighted by atomic mass is 16.5. The fraction of sp³-hybridized carbons (Fsp3) is 0.474. The van der Waals surface area contributed by atoms with Gasteiger partial charge in [0, 0.05) is 50.3 Å². The summed E-state index contributed by atoms with van der Waals surface area (Å²) in [5, 5.41) is 6.95. The van der Waals surface area contributed by atoms with E-state index in [2.05, 4.69) is 15.5 Å². The molecule has 1 unspecified atom stereocenters. The van der Waals surface area contributed by atoms with Crippen molar-refractivity contribution in [2.24, 2.45) is 0 Å². The average molecular weight is 369 g/mol. The van der Waals surface area contributed by atoms with Gasteiger partial charge in [0.25, 0.3) is 0 Å². The van der Waals surface area contributed by atoms with Crippen LogP contribution in [0.3, 0.4) is 0 Å². The summed E-state index contributed by atoms with van der Waals surface area (Å²) in [7, 11) is 0. The molecule has 142 valence electrons. The summed E-state index contributed by atoms with van der Waals surface area (Å²) in [5.74, 6) is 1.43. The second-order valence-corrected chi connectivity index (χ2v) is 7.09. The molecule has 2 saturated heterocycles. The van der Waals surface area contributed by atoms with Crippen molar-refractivity contribution in [3.63, 3.8) is 0 Å². The number of urea groups is 1. The third kappa shape index (κ3) is 3.79. The van der Waals surface area contributed by atoms with Gasteiger partial charge < -0.3 is 19.6 Å². The van der Waals surface area contributed by atoms with Crippen LogP contribution in [0.2, 0.25) is 0 Å². The number of hydrogen-bond donors (Lipinski definition) is 1. The number of anilines is 2. The van der Waals surface area contributed by atoms with Crippen molar-refractivity contribution in [3.05, 3.63) is 36.0 Å². The summed E-state index contributed by atoms with van der Waals surface area (Å²) >= 11 is 0. The Bertz CT molecular complexity index is 849. The van der Waals surface area contributed by atoms with Gasteiger partial charge in [-0.3, -0.25) is 4.79 Å². The minimum atomic E-state index is -0.148. The number of piperidine rings is 1. The van der Waals surface area contributed by atoms with Gasteiger partial charge >= 0.3 is 6.03 Å². The SMILES string of the molecule is Cc1nc(C2CCCN(C(=O)Nc3cccc(N4CCCC4=O)c3)C2)no1. The monoisotopic (exact) mass is 369 g/mol. The van der Waals surface area contributed by atoms with Gasteiger partial charge in [0.05, 0.1) is 0 Å². The number of aryl methyl sites for hydroxylation is 1. The van der Waals surface area contributed by atoms with Gasteiger partial charge in [0.15, 0.2) is 5.82 Å². The third-order valence-electron chi connectivity index (χ3n) is 5.10.